The third-order valence-electron chi connectivity index (χ3n) is 5.01. The first kappa shape index (κ1) is 22.7. The molecule has 0 spiro atoms. The van der Waals surface area contributed by atoms with Gasteiger partial charge in [-0.15, -0.1) is 11.3 Å². The summed E-state index contributed by atoms with van der Waals surface area (Å²) in [6, 6.07) is 19.8. The lowest BCUT2D eigenvalue weighted by Crippen LogP contribution is -2.28. The Morgan fingerprint density at radius 2 is 1.88 bits per heavy atom. The van der Waals surface area contributed by atoms with Crippen molar-refractivity contribution in [2.45, 2.75) is 20.4 Å². The largest absolute Gasteiger partial charge is 0.462 e. The third kappa shape index (κ3) is 5.30. The van der Waals surface area contributed by atoms with Gasteiger partial charge in [0.1, 0.15) is 10.6 Å². The second-order valence-corrected chi connectivity index (χ2v) is 8.88. The quantitative estimate of drug-likeness (QED) is 0.268. The zero-order chi connectivity index (χ0) is 23.2. The van der Waals surface area contributed by atoms with E-state index in [9.17, 15) is 4.79 Å². The summed E-state index contributed by atoms with van der Waals surface area (Å²) in [7, 11) is 0. The van der Waals surface area contributed by atoms with E-state index in [0.717, 1.165) is 27.3 Å². The van der Waals surface area contributed by atoms with Gasteiger partial charge in [0.15, 0.2) is 5.11 Å². The van der Waals surface area contributed by atoms with Crippen molar-refractivity contribution in [3.8, 4) is 16.8 Å². The molecule has 0 amide bonds. The number of rotatable bonds is 7. The van der Waals surface area contributed by atoms with Crippen molar-refractivity contribution in [1.82, 2.24) is 15.1 Å². The summed E-state index contributed by atoms with van der Waals surface area (Å²) >= 11 is 7.02. The van der Waals surface area contributed by atoms with Crippen molar-refractivity contribution in [2.75, 3.05) is 11.9 Å². The average molecular weight is 477 g/mol. The van der Waals surface area contributed by atoms with Crippen LogP contribution in [0.25, 0.3) is 16.8 Å². The summed E-state index contributed by atoms with van der Waals surface area (Å²) in [6.45, 7) is 4.66. The van der Waals surface area contributed by atoms with Crippen LogP contribution in [0.3, 0.4) is 0 Å². The van der Waals surface area contributed by atoms with Gasteiger partial charge in [0.05, 0.1) is 12.3 Å². The third-order valence-corrected chi connectivity index (χ3v) is 6.28. The standard InChI is InChI=1S/C25H24N4O2S2/c1-3-31-24(30)22-21(19-8-5-4-6-9-19)17(2)33-23(22)28-25(32)26-16-18-10-12-20(13-11-18)29-15-7-14-27-29/h4-15H,3,16H2,1-2H3,(H2,26,28,32). The minimum Gasteiger partial charge on any atom is -0.462 e. The van der Waals surface area contributed by atoms with Gasteiger partial charge in [-0.3, -0.25) is 0 Å². The molecule has 2 heterocycles. The number of thiocarbonyl (C=S) groups is 1. The molecule has 0 fully saturated rings. The number of hydrogen-bond acceptors (Lipinski definition) is 5. The lowest BCUT2D eigenvalue weighted by atomic mass is 10.0. The molecular formula is C25H24N4O2S2. The van der Waals surface area contributed by atoms with Crippen LogP contribution in [-0.2, 0) is 11.3 Å². The second kappa shape index (κ2) is 10.4. The number of nitrogens with zero attached hydrogens (tertiary/aromatic N) is 2. The normalized spacial score (nSPS) is 10.6. The van der Waals surface area contributed by atoms with Crippen LogP contribution in [0.2, 0.25) is 0 Å². The Morgan fingerprint density at radius 1 is 1.12 bits per heavy atom. The topological polar surface area (TPSA) is 68.2 Å². The van der Waals surface area contributed by atoms with E-state index < -0.39 is 0 Å². The zero-order valence-electron chi connectivity index (χ0n) is 18.4. The molecule has 4 aromatic rings. The van der Waals surface area contributed by atoms with Crippen LogP contribution in [0.15, 0.2) is 73.1 Å². The van der Waals surface area contributed by atoms with Crippen LogP contribution in [0, 0.1) is 6.92 Å². The molecule has 0 aliphatic rings. The van der Waals surface area contributed by atoms with Crippen molar-refractivity contribution in [3.05, 3.63) is 89.1 Å². The van der Waals surface area contributed by atoms with Gasteiger partial charge in [-0.2, -0.15) is 5.10 Å². The van der Waals surface area contributed by atoms with E-state index in [1.54, 1.807) is 13.1 Å². The van der Waals surface area contributed by atoms with E-state index in [0.29, 0.717) is 28.8 Å². The molecule has 0 atom stereocenters. The Bertz CT molecular complexity index is 1230. The average Bonchev–Trinajstić information content (AvgIpc) is 3.47. The first-order chi connectivity index (χ1) is 16.1. The van der Waals surface area contributed by atoms with E-state index >= 15 is 0 Å². The van der Waals surface area contributed by atoms with E-state index in [-0.39, 0.29) is 5.97 Å². The minimum atomic E-state index is -0.361. The summed E-state index contributed by atoms with van der Waals surface area (Å²) in [4.78, 5) is 13.9. The van der Waals surface area contributed by atoms with E-state index in [4.69, 9.17) is 17.0 Å². The molecule has 2 aromatic heterocycles. The highest BCUT2D eigenvalue weighted by Crippen LogP contribution is 2.40. The summed E-state index contributed by atoms with van der Waals surface area (Å²) in [5.41, 5.74) is 4.43. The Morgan fingerprint density at radius 3 is 2.55 bits per heavy atom. The SMILES string of the molecule is CCOC(=O)c1c(NC(=S)NCc2ccc(-n3cccn3)cc2)sc(C)c1-c1ccccc1. The molecule has 0 saturated carbocycles. The number of esters is 1. The zero-order valence-corrected chi connectivity index (χ0v) is 20.0. The van der Waals surface area contributed by atoms with Crippen LogP contribution in [0.4, 0.5) is 5.00 Å². The van der Waals surface area contributed by atoms with Crippen molar-refractivity contribution in [3.63, 3.8) is 0 Å². The molecular weight excluding hydrogens is 452 g/mol. The predicted molar refractivity (Wildman–Crippen MR) is 137 cm³/mol. The van der Waals surface area contributed by atoms with E-state index in [1.807, 2.05) is 78.5 Å². The number of nitrogens with one attached hydrogen (secondary N) is 2. The van der Waals surface area contributed by atoms with Crippen LogP contribution < -0.4 is 10.6 Å². The number of ether oxygens (including phenoxy) is 1. The molecule has 0 aliphatic heterocycles. The number of aryl methyl sites for hydroxylation is 1. The van der Waals surface area contributed by atoms with Gasteiger partial charge < -0.3 is 15.4 Å². The van der Waals surface area contributed by atoms with Crippen LogP contribution >= 0.6 is 23.6 Å². The molecule has 33 heavy (non-hydrogen) atoms. The van der Waals surface area contributed by atoms with Gasteiger partial charge >= 0.3 is 5.97 Å². The number of hydrogen-bond donors (Lipinski definition) is 2. The molecule has 0 aliphatic carbocycles. The molecule has 0 unspecified atom stereocenters. The molecule has 6 nitrogen and oxygen atoms in total. The first-order valence-corrected chi connectivity index (χ1v) is 11.8. The molecule has 168 valence electrons. The van der Waals surface area contributed by atoms with E-state index in [1.165, 1.54) is 11.3 Å². The molecule has 0 bridgehead atoms. The summed E-state index contributed by atoms with van der Waals surface area (Å²) in [5.74, 6) is -0.361. The van der Waals surface area contributed by atoms with Gasteiger partial charge in [-0.1, -0.05) is 42.5 Å². The van der Waals surface area contributed by atoms with Crippen LogP contribution in [-0.4, -0.2) is 27.5 Å². The maximum absolute atomic E-state index is 12.8. The second-order valence-electron chi connectivity index (χ2n) is 7.25. The first-order valence-electron chi connectivity index (χ1n) is 10.6. The van der Waals surface area contributed by atoms with E-state index in [2.05, 4.69) is 15.7 Å². The van der Waals surface area contributed by atoms with Crippen LogP contribution in [0.5, 0.6) is 0 Å². The summed E-state index contributed by atoms with van der Waals surface area (Å²) in [6.07, 6.45) is 3.65. The van der Waals surface area contributed by atoms with Gasteiger partial charge in [0.25, 0.3) is 0 Å². The lowest BCUT2D eigenvalue weighted by Gasteiger charge is -2.12. The number of benzene rings is 2. The van der Waals surface area contributed by atoms with Gasteiger partial charge in [0.2, 0.25) is 0 Å². The molecule has 8 heteroatoms. The highest BCUT2D eigenvalue weighted by atomic mass is 32.1. The fourth-order valence-corrected chi connectivity index (χ4v) is 4.81. The van der Waals surface area contributed by atoms with Gasteiger partial charge in [-0.25, -0.2) is 9.48 Å². The Balaban J connectivity index is 1.49. The Kier molecular flexibility index (Phi) is 7.16. The van der Waals surface area contributed by atoms with Crippen LogP contribution in [0.1, 0.15) is 27.7 Å². The fourth-order valence-electron chi connectivity index (χ4n) is 3.50. The molecule has 0 radical (unpaired) electrons. The van der Waals surface area contributed by atoms with Crippen molar-refractivity contribution >= 4 is 39.6 Å². The molecule has 4 rings (SSSR count). The molecule has 2 aromatic carbocycles. The lowest BCUT2D eigenvalue weighted by molar-refractivity contribution is 0.0529. The Hall–Kier alpha value is -3.49. The Labute approximate surface area is 202 Å². The van der Waals surface area contributed by atoms with Gasteiger partial charge in [0, 0.05) is 29.4 Å². The molecule has 2 N–H and O–H groups in total. The monoisotopic (exact) mass is 476 g/mol. The highest BCUT2D eigenvalue weighted by molar-refractivity contribution is 7.80. The number of carbonyl (C=O) groups is 1. The maximum Gasteiger partial charge on any atom is 0.341 e. The number of carbonyl (C=O) groups excluding carboxylic acids is 1. The van der Waals surface area contributed by atoms with Crippen molar-refractivity contribution in [1.29, 1.82) is 0 Å². The number of thiophene rings is 1. The van der Waals surface area contributed by atoms with Crippen molar-refractivity contribution < 1.29 is 9.53 Å². The van der Waals surface area contributed by atoms with Gasteiger partial charge in [-0.05, 0) is 55.4 Å². The number of anilines is 1. The maximum atomic E-state index is 12.8. The smallest absolute Gasteiger partial charge is 0.341 e. The number of aromatic nitrogens is 2. The predicted octanol–water partition coefficient (Wildman–Crippen LogP) is 5.57. The fraction of sp³-hybridized carbons (Fsp3) is 0.160. The highest BCUT2D eigenvalue weighted by Gasteiger charge is 2.24. The van der Waals surface area contributed by atoms with Crippen molar-refractivity contribution in [2.24, 2.45) is 0 Å². The minimum absolute atomic E-state index is 0.304. The molecule has 0 saturated heterocycles. The summed E-state index contributed by atoms with van der Waals surface area (Å²) in [5, 5.41) is 11.8. The summed E-state index contributed by atoms with van der Waals surface area (Å²) < 4.78 is 7.16.